The molecule has 2 nitrogen and oxygen atoms in total. The van der Waals surface area contributed by atoms with Gasteiger partial charge >= 0.3 is 0 Å². The second kappa shape index (κ2) is 3.34. The molecule has 2 aliphatic carbocycles. The van der Waals surface area contributed by atoms with E-state index in [-0.39, 0.29) is 5.92 Å². The van der Waals surface area contributed by atoms with Gasteiger partial charge in [-0.05, 0) is 61.8 Å². The van der Waals surface area contributed by atoms with Gasteiger partial charge in [0.05, 0.1) is 0 Å². The molecule has 0 heterocycles. The summed E-state index contributed by atoms with van der Waals surface area (Å²) in [6.45, 7) is 1.97. The standard InChI is InChI=1S/C14H17NO/c1-8-4-12(15)2-3-13(8)14(16)11-6-9-5-10(9)7-11/h2-4,9-11H,5-7,15H2,1H3. The van der Waals surface area contributed by atoms with E-state index in [2.05, 4.69) is 0 Å². The van der Waals surface area contributed by atoms with Crippen LogP contribution < -0.4 is 5.73 Å². The first kappa shape index (κ1) is 9.88. The molecule has 2 heteroatoms. The average Bonchev–Trinajstić information content (AvgIpc) is 2.85. The molecule has 0 aromatic heterocycles. The van der Waals surface area contributed by atoms with Crippen LogP contribution in [-0.2, 0) is 0 Å². The Morgan fingerprint density at radius 3 is 2.56 bits per heavy atom. The number of ketones is 1. The predicted octanol–water partition coefficient (Wildman–Crippen LogP) is 2.81. The van der Waals surface area contributed by atoms with Crippen LogP contribution in [0.5, 0.6) is 0 Å². The van der Waals surface area contributed by atoms with Crippen LogP contribution in [0.4, 0.5) is 5.69 Å². The SMILES string of the molecule is Cc1cc(N)ccc1C(=O)C1CC2CC2C1. The Hall–Kier alpha value is -1.31. The Morgan fingerprint density at radius 1 is 1.25 bits per heavy atom. The monoisotopic (exact) mass is 215 g/mol. The highest BCUT2D eigenvalue weighted by molar-refractivity contribution is 5.99. The van der Waals surface area contributed by atoms with Gasteiger partial charge in [-0.15, -0.1) is 0 Å². The minimum absolute atomic E-state index is 0.283. The number of hydrogen-bond acceptors (Lipinski definition) is 2. The van der Waals surface area contributed by atoms with E-state index < -0.39 is 0 Å². The molecule has 0 aliphatic heterocycles. The molecule has 16 heavy (non-hydrogen) atoms. The van der Waals surface area contributed by atoms with E-state index in [9.17, 15) is 4.79 Å². The summed E-state index contributed by atoms with van der Waals surface area (Å²) in [4.78, 5) is 12.3. The zero-order chi connectivity index (χ0) is 11.3. The molecular weight excluding hydrogens is 198 g/mol. The summed E-state index contributed by atoms with van der Waals surface area (Å²) in [6.07, 6.45) is 3.60. The van der Waals surface area contributed by atoms with Crippen molar-refractivity contribution < 1.29 is 4.79 Å². The highest BCUT2D eigenvalue weighted by atomic mass is 16.1. The fourth-order valence-electron chi connectivity index (χ4n) is 3.11. The summed E-state index contributed by atoms with van der Waals surface area (Å²) in [5.74, 6) is 2.35. The maximum absolute atomic E-state index is 12.3. The normalized spacial score (nSPS) is 31.2. The Morgan fingerprint density at radius 2 is 1.94 bits per heavy atom. The summed E-state index contributed by atoms with van der Waals surface area (Å²) in [5.41, 5.74) is 8.33. The molecule has 2 saturated carbocycles. The van der Waals surface area contributed by atoms with E-state index in [1.807, 2.05) is 25.1 Å². The van der Waals surface area contributed by atoms with Crippen molar-refractivity contribution in [2.75, 3.05) is 5.73 Å². The molecule has 0 radical (unpaired) electrons. The second-order valence-corrected chi connectivity index (χ2v) is 5.36. The fourth-order valence-corrected chi connectivity index (χ4v) is 3.11. The Bertz CT molecular complexity index is 442. The van der Waals surface area contributed by atoms with Crippen molar-refractivity contribution in [3.05, 3.63) is 29.3 Å². The van der Waals surface area contributed by atoms with Crippen LogP contribution in [0, 0.1) is 24.7 Å². The van der Waals surface area contributed by atoms with E-state index in [0.29, 0.717) is 5.78 Å². The Kier molecular flexibility index (Phi) is 2.06. The molecule has 84 valence electrons. The van der Waals surface area contributed by atoms with Crippen LogP contribution in [-0.4, -0.2) is 5.78 Å². The van der Waals surface area contributed by atoms with Gasteiger partial charge in [0, 0.05) is 17.2 Å². The van der Waals surface area contributed by atoms with Crippen LogP contribution in [0.2, 0.25) is 0 Å². The van der Waals surface area contributed by atoms with E-state index in [4.69, 9.17) is 5.73 Å². The van der Waals surface area contributed by atoms with Crippen molar-refractivity contribution in [1.29, 1.82) is 0 Å². The summed E-state index contributed by atoms with van der Waals surface area (Å²) in [6, 6.07) is 5.61. The number of rotatable bonds is 2. The molecule has 2 aliphatic rings. The van der Waals surface area contributed by atoms with Crippen molar-refractivity contribution in [2.24, 2.45) is 17.8 Å². The molecule has 2 unspecified atom stereocenters. The maximum atomic E-state index is 12.3. The van der Waals surface area contributed by atoms with E-state index >= 15 is 0 Å². The molecule has 2 fully saturated rings. The summed E-state index contributed by atoms with van der Waals surface area (Å²) in [7, 11) is 0. The number of carbonyl (C=O) groups is 1. The van der Waals surface area contributed by atoms with Crippen LogP contribution in [0.25, 0.3) is 0 Å². The van der Waals surface area contributed by atoms with E-state index in [0.717, 1.165) is 41.5 Å². The lowest BCUT2D eigenvalue weighted by atomic mass is 9.91. The van der Waals surface area contributed by atoms with Crippen molar-refractivity contribution in [1.82, 2.24) is 0 Å². The lowest BCUT2D eigenvalue weighted by molar-refractivity contribution is 0.0914. The van der Waals surface area contributed by atoms with Crippen LogP contribution >= 0.6 is 0 Å². The lowest BCUT2D eigenvalue weighted by Crippen LogP contribution is -2.14. The predicted molar refractivity (Wildman–Crippen MR) is 64.2 cm³/mol. The summed E-state index contributed by atoms with van der Waals surface area (Å²) in [5, 5.41) is 0. The number of aryl methyl sites for hydroxylation is 1. The number of anilines is 1. The summed E-state index contributed by atoms with van der Waals surface area (Å²) >= 11 is 0. The minimum Gasteiger partial charge on any atom is -0.399 e. The van der Waals surface area contributed by atoms with E-state index in [1.165, 1.54) is 6.42 Å². The number of carbonyl (C=O) groups excluding carboxylic acids is 1. The van der Waals surface area contributed by atoms with Gasteiger partial charge in [0.25, 0.3) is 0 Å². The first-order valence-electron chi connectivity index (χ1n) is 6.05. The number of fused-ring (bicyclic) bond motifs is 1. The van der Waals surface area contributed by atoms with Gasteiger partial charge in [0.2, 0.25) is 0 Å². The molecule has 2 atom stereocenters. The molecule has 3 rings (SSSR count). The minimum atomic E-state index is 0.283. The topological polar surface area (TPSA) is 43.1 Å². The highest BCUT2D eigenvalue weighted by Gasteiger charge is 2.48. The third kappa shape index (κ3) is 1.53. The molecule has 1 aromatic carbocycles. The zero-order valence-electron chi connectivity index (χ0n) is 9.57. The highest BCUT2D eigenvalue weighted by Crippen LogP contribution is 2.55. The van der Waals surface area contributed by atoms with Crippen LogP contribution in [0.3, 0.4) is 0 Å². The van der Waals surface area contributed by atoms with Crippen molar-refractivity contribution in [3.8, 4) is 0 Å². The van der Waals surface area contributed by atoms with Crippen LogP contribution in [0.1, 0.15) is 35.2 Å². The summed E-state index contributed by atoms with van der Waals surface area (Å²) < 4.78 is 0. The first-order chi connectivity index (χ1) is 7.65. The second-order valence-electron chi connectivity index (χ2n) is 5.36. The fraction of sp³-hybridized carbons (Fsp3) is 0.500. The molecule has 1 aromatic rings. The molecule has 0 saturated heterocycles. The molecule has 0 amide bonds. The lowest BCUT2D eigenvalue weighted by Gasteiger charge is -2.12. The molecule has 0 spiro atoms. The first-order valence-corrected chi connectivity index (χ1v) is 6.05. The maximum Gasteiger partial charge on any atom is 0.166 e. The smallest absolute Gasteiger partial charge is 0.166 e. The van der Waals surface area contributed by atoms with Gasteiger partial charge in [-0.3, -0.25) is 4.79 Å². The zero-order valence-corrected chi connectivity index (χ0v) is 9.57. The van der Waals surface area contributed by atoms with Gasteiger partial charge in [-0.1, -0.05) is 0 Å². The van der Waals surface area contributed by atoms with Crippen LogP contribution in [0.15, 0.2) is 18.2 Å². The Balaban J connectivity index is 1.83. The number of nitrogen functional groups attached to an aromatic ring is 1. The van der Waals surface area contributed by atoms with Gasteiger partial charge in [-0.25, -0.2) is 0 Å². The van der Waals surface area contributed by atoms with Crippen molar-refractivity contribution in [2.45, 2.75) is 26.2 Å². The largest absolute Gasteiger partial charge is 0.399 e. The van der Waals surface area contributed by atoms with Gasteiger partial charge in [0.1, 0.15) is 0 Å². The average molecular weight is 215 g/mol. The van der Waals surface area contributed by atoms with Crippen molar-refractivity contribution in [3.63, 3.8) is 0 Å². The third-order valence-corrected chi connectivity index (χ3v) is 4.13. The van der Waals surface area contributed by atoms with Crippen molar-refractivity contribution >= 4 is 11.5 Å². The molecular formula is C14H17NO. The number of nitrogens with two attached hydrogens (primary N) is 1. The Labute approximate surface area is 95.8 Å². The number of hydrogen-bond donors (Lipinski definition) is 1. The van der Waals surface area contributed by atoms with Gasteiger partial charge in [-0.2, -0.15) is 0 Å². The quantitative estimate of drug-likeness (QED) is 0.609. The number of Topliss-reactive ketones (excluding diaryl/α,β-unsaturated/α-hetero) is 1. The number of benzene rings is 1. The van der Waals surface area contributed by atoms with Gasteiger partial charge in [0.15, 0.2) is 5.78 Å². The van der Waals surface area contributed by atoms with E-state index in [1.54, 1.807) is 0 Å². The molecule has 2 N–H and O–H groups in total. The third-order valence-electron chi connectivity index (χ3n) is 4.13. The van der Waals surface area contributed by atoms with Gasteiger partial charge < -0.3 is 5.73 Å². The molecule has 0 bridgehead atoms.